The van der Waals surface area contributed by atoms with Crippen LogP contribution < -0.4 is 21.5 Å². The van der Waals surface area contributed by atoms with Gasteiger partial charge in [0, 0.05) is 31.7 Å². The van der Waals surface area contributed by atoms with Gasteiger partial charge in [0.2, 0.25) is 21.8 Å². The summed E-state index contributed by atoms with van der Waals surface area (Å²) in [5, 5.41) is 2.48. The minimum absolute atomic E-state index is 0.0872. The molecule has 16 heteroatoms. The van der Waals surface area contributed by atoms with Crippen molar-refractivity contribution in [3.8, 4) is 0 Å². The molecule has 0 saturated heterocycles. The van der Waals surface area contributed by atoms with Crippen molar-refractivity contribution in [2.75, 3.05) is 37.9 Å². The Bertz CT molecular complexity index is 1230. The number of sulfone groups is 1. The smallest absolute Gasteiger partial charge is 0.240 e. The van der Waals surface area contributed by atoms with Gasteiger partial charge in [0.25, 0.3) is 0 Å². The quantitative estimate of drug-likeness (QED) is 0.0673. The number of amides is 2. The standard InChI is InChI=1S/C24H42N6O8S2/c1-23(2)16-7-9-24(23,19(32)12-16)15-40(37,38)29-18(8-11-39(4,35)36)21(34)30(3)13-20(33)28-17(14-31)6-5-10-27-22(25)26/h14,16-18,29H,5-13,15H2,1-4H3,(H,28,33)(H4,25,26,27). The van der Waals surface area contributed by atoms with Crippen LogP contribution in [0.5, 0.6) is 0 Å². The number of likely N-dealkylation sites (N-methyl/N-ethyl adjacent to an activating group) is 1. The summed E-state index contributed by atoms with van der Waals surface area (Å²) in [6.07, 6.45) is 3.27. The van der Waals surface area contributed by atoms with Crippen LogP contribution in [0.15, 0.2) is 4.99 Å². The number of guanidine groups is 1. The van der Waals surface area contributed by atoms with E-state index in [4.69, 9.17) is 11.5 Å². The number of aldehydes is 1. The van der Waals surface area contributed by atoms with Crippen LogP contribution in [0.4, 0.5) is 0 Å². The van der Waals surface area contributed by atoms with E-state index in [0.29, 0.717) is 25.5 Å². The van der Waals surface area contributed by atoms with E-state index < -0.39 is 72.6 Å². The number of sulfonamides is 1. The lowest BCUT2D eigenvalue weighted by atomic mass is 9.70. The van der Waals surface area contributed by atoms with Crippen molar-refractivity contribution in [2.24, 2.45) is 33.2 Å². The minimum Gasteiger partial charge on any atom is -0.370 e. The van der Waals surface area contributed by atoms with Crippen LogP contribution in [0.3, 0.4) is 0 Å². The fourth-order valence-corrected chi connectivity index (χ4v) is 8.49. The van der Waals surface area contributed by atoms with Crippen molar-refractivity contribution < 1.29 is 36.0 Å². The van der Waals surface area contributed by atoms with Crippen LogP contribution in [0, 0.1) is 16.7 Å². The van der Waals surface area contributed by atoms with Crippen molar-refractivity contribution >= 4 is 49.7 Å². The Morgan fingerprint density at radius 3 is 2.35 bits per heavy atom. The fraction of sp³-hybridized carbons (Fsp3) is 0.792. The van der Waals surface area contributed by atoms with Crippen molar-refractivity contribution in [3.05, 3.63) is 0 Å². The van der Waals surface area contributed by atoms with Gasteiger partial charge in [0.15, 0.2) is 5.96 Å². The van der Waals surface area contributed by atoms with Gasteiger partial charge >= 0.3 is 0 Å². The van der Waals surface area contributed by atoms with Gasteiger partial charge in [-0.1, -0.05) is 13.8 Å². The molecule has 0 aromatic carbocycles. The molecule has 2 aliphatic rings. The Labute approximate surface area is 236 Å². The van der Waals surface area contributed by atoms with E-state index in [1.54, 1.807) is 0 Å². The van der Waals surface area contributed by atoms with E-state index in [9.17, 15) is 36.0 Å². The number of aliphatic imine (C=N–C) groups is 1. The molecular formula is C24H42N6O8S2. The largest absolute Gasteiger partial charge is 0.370 e. The number of Topliss-reactive ketones (excluding diaryl/α,β-unsaturated/α-hetero) is 1. The number of carbonyl (C=O) groups is 4. The second-order valence-electron chi connectivity index (χ2n) is 11.5. The third kappa shape index (κ3) is 8.46. The molecule has 0 aromatic rings. The molecule has 4 unspecified atom stereocenters. The Hall–Kier alpha value is -2.59. The van der Waals surface area contributed by atoms with Crippen molar-refractivity contribution in [1.29, 1.82) is 0 Å². The summed E-state index contributed by atoms with van der Waals surface area (Å²) in [5.74, 6) is -2.61. The number of hydrogen-bond donors (Lipinski definition) is 4. The molecule has 2 bridgehead atoms. The van der Waals surface area contributed by atoms with E-state index >= 15 is 0 Å². The first-order valence-electron chi connectivity index (χ1n) is 13.1. The topological polar surface area (TPSA) is 228 Å². The zero-order valence-electron chi connectivity index (χ0n) is 23.5. The average molecular weight is 607 g/mol. The lowest BCUT2D eigenvalue weighted by Crippen LogP contribution is -2.53. The highest BCUT2D eigenvalue weighted by Crippen LogP contribution is 2.64. The molecule has 14 nitrogen and oxygen atoms in total. The number of rotatable bonds is 16. The Morgan fingerprint density at radius 1 is 1.20 bits per heavy atom. The molecule has 2 rings (SSSR count). The highest BCUT2D eigenvalue weighted by Gasteiger charge is 2.65. The average Bonchev–Trinajstić information content (AvgIpc) is 3.16. The van der Waals surface area contributed by atoms with Gasteiger partial charge in [-0.2, -0.15) is 0 Å². The molecule has 4 atom stereocenters. The SMILES string of the molecule is CN(CC(=O)NC(C=O)CCCN=C(N)N)C(=O)C(CCS(C)(=O)=O)NS(=O)(=O)CC12CCC(CC1=O)C2(C)C. The number of ketones is 1. The summed E-state index contributed by atoms with van der Waals surface area (Å²) in [6, 6.07) is -2.33. The maximum atomic E-state index is 13.3. The molecule has 0 heterocycles. The minimum atomic E-state index is -4.22. The summed E-state index contributed by atoms with van der Waals surface area (Å²) in [6.45, 7) is 3.52. The van der Waals surface area contributed by atoms with Gasteiger partial charge < -0.3 is 26.5 Å². The lowest BCUT2D eigenvalue weighted by Gasteiger charge is -2.36. The number of hydrogen-bond acceptors (Lipinski definition) is 9. The zero-order chi connectivity index (χ0) is 30.5. The predicted octanol–water partition coefficient (Wildman–Crippen LogP) is -1.70. The molecule has 2 aliphatic carbocycles. The van der Waals surface area contributed by atoms with E-state index in [1.165, 1.54) is 7.05 Å². The highest BCUT2D eigenvalue weighted by atomic mass is 32.2. The first-order valence-corrected chi connectivity index (χ1v) is 16.8. The third-order valence-corrected chi connectivity index (χ3v) is 10.7. The summed E-state index contributed by atoms with van der Waals surface area (Å²) >= 11 is 0. The maximum Gasteiger partial charge on any atom is 0.240 e. The molecule has 0 aromatic heterocycles. The lowest BCUT2D eigenvalue weighted by molar-refractivity contribution is -0.136. The van der Waals surface area contributed by atoms with E-state index in [2.05, 4.69) is 15.0 Å². The molecule has 6 N–H and O–H groups in total. The molecule has 0 spiro atoms. The fourth-order valence-electron chi connectivity index (χ4n) is 5.76. The molecule has 0 radical (unpaired) electrons. The third-order valence-electron chi connectivity index (χ3n) is 8.21. The summed E-state index contributed by atoms with van der Waals surface area (Å²) in [5.41, 5.74) is 8.89. The molecule has 2 saturated carbocycles. The predicted molar refractivity (Wildman–Crippen MR) is 149 cm³/mol. The second kappa shape index (κ2) is 12.9. The van der Waals surface area contributed by atoms with Crippen molar-refractivity contribution in [1.82, 2.24) is 14.9 Å². The highest BCUT2D eigenvalue weighted by molar-refractivity contribution is 7.90. The van der Waals surface area contributed by atoms with Gasteiger partial charge in [-0.3, -0.25) is 19.4 Å². The van der Waals surface area contributed by atoms with Gasteiger partial charge in [-0.15, -0.1) is 0 Å². The second-order valence-corrected chi connectivity index (χ2v) is 15.5. The number of nitrogens with zero attached hydrogens (tertiary/aromatic N) is 2. The first kappa shape index (κ1) is 33.6. The number of nitrogens with one attached hydrogen (secondary N) is 2. The molecule has 228 valence electrons. The van der Waals surface area contributed by atoms with Crippen LogP contribution in [0.2, 0.25) is 0 Å². The van der Waals surface area contributed by atoms with Crippen molar-refractivity contribution in [3.63, 3.8) is 0 Å². The number of fused-ring (bicyclic) bond motifs is 2. The summed E-state index contributed by atoms with van der Waals surface area (Å²) in [4.78, 5) is 54.7. The summed E-state index contributed by atoms with van der Waals surface area (Å²) < 4.78 is 52.6. The van der Waals surface area contributed by atoms with Crippen LogP contribution in [-0.2, 0) is 39.0 Å². The molecule has 2 amide bonds. The van der Waals surface area contributed by atoms with E-state index in [0.717, 1.165) is 17.6 Å². The van der Waals surface area contributed by atoms with Gasteiger partial charge in [0.05, 0.1) is 24.1 Å². The Kier molecular flexibility index (Phi) is 10.9. The monoisotopic (exact) mass is 606 g/mol. The normalized spacial score (nSPS) is 23.3. The number of carbonyl (C=O) groups excluding carboxylic acids is 4. The maximum absolute atomic E-state index is 13.3. The molecule has 2 fully saturated rings. The van der Waals surface area contributed by atoms with Gasteiger partial charge in [0.1, 0.15) is 27.9 Å². The molecular weight excluding hydrogens is 564 g/mol. The van der Waals surface area contributed by atoms with Gasteiger partial charge in [-0.25, -0.2) is 21.6 Å². The van der Waals surface area contributed by atoms with E-state index in [-0.39, 0.29) is 37.0 Å². The summed E-state index contributed by atoms with van der Waals surface area (Å²) in [7, 11) is -6.51. The zero-order valence-corrected chi connectivity index (χ0v) is 25.1. The molecule has 40 heavy (non-hydrogen) atoms. The Morgan fingerprint density at radius 2 is 1.85 bits per heavy atom. The Balaban J connectivity index is 2.11. The van der Waals surface area contributed by atoms with Crippen LogP contribution in [0.1, 0.15) is 52.4 Å². The number of nitrogens with two attached hydrogens (primary N) is 2. The van der Waals surface area contributed by atoms with Gasteiger partial charge in [-0.05, 0) is 43.4 Å². The van der Waals surface area contributed by atoms with Crippen LogP contribution >= 0.6 is 0 Å². The van der Waals surface area contributed by atoms with E-state index in [1.807, 2.05) is 13.8 Å². The molecule has 0 aliphatic heterocycles. The first-order chi connectivity index (χ1) is 18.3. The van der Waals surface area contributed by atoms with Crippen LogP contribution in [-0.4, -0.2) is 102 Å². The van der Waals surface area contributed by atoms with Crippen molar-refractivity contribution in [2.45, 2.75) is 64.5 Å². The van der Waals surface area contributed by atoms with Crippen LogP contribution in [0.25, 0.3) is 0 Å².